The number of aliphatic hydroxyl groups is 1. The molecule has 8 heteroatoms. The van der Waals surface area contributed by atoms with Crippen molar-refractivity contribution in [1.82, 2.24) is 10.2 Å². The van der Waals surface area contributed by atoms with Crippen molar-refractivity contribution in [1.29, 1.82) is 0 Å². The van der Waals surface area contributed by atoms with Crippen molar-refractivity contribution < 1.29 is 29.0 Å². The Morgan fingerprint density at radius 3 is 2.08 bits per heavy atom. The molecule has 1 saturated heterocycles. The van der Waals surface area contributed by atoms with Gasteiger partial charge in [-0.15, -0.1) is 0 Å². The fourth-order valence-electron chi connectivity index (χ4n) is 4.11. The number of carbonyl (C=O) groups is 3. The van der Waals surface area contributed by atoms with Crippen molar-refractivity contribution in [3.05, 3.63) is 71.8 Å². The van der Waals surface area contributed by atoms with Gasteiger partial charge in [0, 0.05) is 13.1 Å². The van der Waals surface area contributed by atoms with E-state index in [1.165, 1.54) is 0 Å². The summed E-state index contributed by atoms with van der Waals surface area (Å²) in [6.07, 6.45) is -0.992. The Balaban J connectivity index is 1.57. The molecule has 0 saturated carbocycles. The number of esters is 1. The lowest BCUT2D eigenvalue weighted by Gasteiger charge is -2.34. The lowest BCUT2D eigenvalue weighted by molar-refractivity contribution is -0.154. The monoisotopic (exact) mass is 496 g/mol. The van der Waals surface area contributed by atoms with Crippen LogP contribution in [0.3, 0.4) is 0 Å². The maximum Gasteiger partial charge on any atom is 0.407 e. The van der Waals surface area contributed by atoms with Gasteiger partial charge in [0.15, 0.2) is 6.10 Å². The van der Waals surface area contributed by atoms with Crippen LogP contribution in [0.5, 0.6) is 0 Å². The van der Waals surface area contributed by atoms with Gasteiger partial charge in [-0.25, -0.2) is 4.79 Å². The summed E-state index contributed by atoms with van der Waals surface area (Å²) >= 11 is 0. The minimum Gasteiger partial charge on any atom is -0.461 e. The van der Waals surface area contributed by atoms with E-state index in [1.807, 2.05) is 60.7 Å². The Labute approximate surface area is 212 Å². The molecule has 1 heterocycles. The van der Waals surface area contributed by atoms with E-state index in [1.54, 1.807) is 25.7 Å². The summed E-state index contributed by atoms with van der Waals surface area (Å²) in [5.74, 6) is -1.06. The lowest BCUT2D eigenvalue weighted by atomic mass is 9.95. The highest BCUT2D eigenvalue weighted by Crippen LogP contribution is 2.21. The Bertz CT molecular complexity index is 998. The Hall–Kier alpha value is -3.39. The maximum atomic E-state index is 13.2. The maximum absolute atomic E-state index is 13.2. The second-order valence-corrected chi connectivity index (χ2v) is 10.1. The molecule has 2 N–H and O–H groups in total. The van der Waals surface area contributed by atoms with Crippen LogP contribution in [-0.2, 0) is 32.1 Å². The molecule has 0 aliphatic carbocycles. The standard InChI is InChI=1S/C28H36N2O6/c1-28(2,3)36-27(34)29-23(18-20-10-6-4-7-11-20)24(31)25(32)30-16-14-22(15-17-30)26(33)35-19-21-12-8-5-9-13-21/h4-13,22-24,31H,14-19H2,1-3H3,(H,29,34)/t23-,24+/m0/s1. The van der Waals surface area contributed by atoms with Crippen LogP contribution < -0.4 is 5.32 Å². The molecule has 1 aliphatic heterocycles. The SMILES string of the molecule is CC(C)(C)OC(=O)N[C@@H](Cc1ccccc1)[C@@H](O)C(=O)N1CCC(C(=O)OCc2ccccc2)CC1. The van der Waals surface area contributed by atoms with Gasteiger partial charge in [0.25, 0.3) is 5.91 Å². The zero-order valence-corrected chi connectivity index (χ0v) is 21.2. The van der Waals surface area contributed by atoms with Crippen LogP contribution in [0.15, 0.2) is 60.7 Å². The minimum atomic E-state index is -1.46. The Kier molecular flexibility index (Phi) is 9.47. The number of ether oxygens (including phenoxy) is 2. The number of aliphatic hydroxyl groups excluding tert-OH is 1. The highest BCUT2D eigenvalue weighted by molar-refractivity contribution is 5.83. The summed E-state index contributed by atoms with van der Waals surface area (Å²) in [6.45, 7) is 6.10. The molecule has 0 radical (unpaired) electrons. The van der Waals surface area contributed by atoms with Gasteiger partial charge in [0.2, 0.25) is 0 Å². The van der Waals surface area contributed by atoms with E-state index in [-0.39, 0.29) is 24.9 Å². The van der Waals surface area contributed by atoms with Crippen molar-refractivity contribution in [2.45, 2.75) is 64.4 Å². The third kappa shape index (κ3) is 8.37. The van der Waals surface area contributed by atoms with Gasteiger partial charge in [0.05, 0.1) is 12.0 Å². The van der Waals surface area contributed by atoms with E-state index in [2.05, 4.69) is 5.32 Å². The van der Waals surface area contributed by atoms with Gasteiger partial charge in [-0.05, 0) is 51.2 Å². The Morgan fingerprint density at radius 2 is 1.53 bits per heavy atom. The van der Waals surface area contributed by atoms with Gasteiger partial charge in [0.1, 0.15) is 12.2 Å². The molecule has 0 unspecified atom stereocenters. The number of alkyl carbamates (subject to hydrolysis) is 1. The van der Waals surface area contributed by atoms with Crippen LogP contribution in [-0.4, -0.2) is 58.8 Å². The third-order valence-corrected chi connectivity index (χ3v) is 6.00. The molecule has 0 spiro atoms. The summed E-state index contributed by atoms with van der Waals surface area (Å²) in [7, 11) is 0. The predicted octanol–water partition coefficient (Wildman–Crippen LogP) is 3.47. The summed E-state index contributed by atoms with van der Waals surface area (Å²) in [5, 5.41) is 13.6. The smallest absolute Gasteiger partial charge is 0.407 e. The summed E-state index contributed by atoms with van der Waals surface area (Å²) in [6, 6.07) is 17.9. The topological polar surface area (TPSA) is 105 Å². The van der Waals surface area contributed by atoms with E-state index < -0.39 is 29.7 Å². The fraction of sp³-hybridized carbons (Fsp3) is 0.464. The second-order valence-electron chi connectivity index (χ2n) is 10.1. The number of hydrogen-bond donors (Lipinski definition) is 2. The fourth-order valence-corrected chi connectivity index (χ4v) is 4.11. The summed E-state index contributed by atoms with van der Waals surface area (Å²) in [5.41, 5.74) is 1.07. The van der Waals surface area contributed by atoms with Gasteiger partial charge in [-0.2, -0.15) is 0 Å². The summed E-state index contributed by atoms with van der Waals surface area (Å²) in [4.78, 5) is 39.6. The lowest BCUT2D eigenvalue weighted by Crippen LogP contribution is -2.54. The van der Waals surface area contributed by atoms with Gasteiger partial charge in [-0.1, -0.05) is 60.7 Å². The van der Waals surface area contributed by atoms with Crippen molar-refractivity contribution >= 4 is 18.0 Å². The highest BCUT2D eigenvalue weighted by Gasteiger charge is 2.35. The quantitative estimate of drug-likeness (QED) is 0.543. The number of piperidine rings is 1. The zero-order valence-electron chi connectivity index (χ0n) is 21.2. The molecule has 2 aromatic rings. The van der Waals surface area contributed by atoms with Crippen LogP contribution in [0.2, 0.25) is 0 Å². The number of hydrogen-bond acceptors (Lipinski definition) is 6. The Morgan fingerprint density at radius 1 is 0.972 bits per heavy atom. The first-order chi connectivity index (χ1) is 17.1. The zero-order chi connectivity index (χ0) is 26.1. The molecule has 2 amide bonds. The molecule has 0 bridgehead atoms. The number of nitrogens with one attached hydrogen (secondary N) is 1. The van der Waals surface area contributed by atoms with E-state index in [9.17, 15) is 19.5 Å². The van der Waals surface area contributed by atoms with E-state index in [0.29, 0.717) is 25.9 Å². The highest BCUT2D eigenvalue weighted by atomic mass is 16.6. The molecule has 3 rings (SSSR count). The van der Waals surface area contributed by atoms with Crippen LogP contribution >= 0.6 is 0 Å². The second kappa shape index (κ2) is 12.5. The van der Waals surface area contributed by atoms with Crippen molar-refractivity contribution in [2.75, 3.05) is 13.1 Å². The molecule has 36 heavy (non-hydrogen) atoms. The average Bonchev–Trinajstić information content (AvgIpc) is 2.86. The molecule has 2 atom stereocenters. The molecule has 0 aromatic heterocycles. The van der Waals surface area contributed by atoms with Crippen LogP contribution in [0.25, 0.3) is 0 Å². The number of carbonyl (C=O) groups excluding carboxylic acids is 3. The van der Waals surface area contributed by atoms with E-state index in [4.69, 9.17) is 9.47 Å². The molecule has 8 nitrogen and oxygen atoms in total. The number of amides is 2. The molecule has 1 aliphatic rings. The molecule has 194 valence electrons. The number of rotatable bonds is 8. The first-order valence-electron chi connectivity index (χ1n) is 12.3. The van der Waals surface area contributed by atoms with Gasteiger partial charge in [-0.3, -0.25) is 9.59 Å². The van der Waals surface area contributed by atoms with Crippen molar-refractivity contribution in [3.63, 3.8) is 0 Å². The molecule has 2 aromatic carbocycles. The normalized spacial score (nSPS) is 16.1. The van der Waals surface area contributed by atoms with E-state index in [0.717, 1.165) is 11.1 Å². The van der Waals surface area contributed by atoms with Crippen LogP contribution in [0, 0.1) is 5.92 Å². The third-order valence-electron chi connectivity index (χ3n) is 6.00. The van der Waals surface area contributed by atoms with Crippen molar-refractivity contribution in [3.8, 4) is 0 Å². The van der Waals surface area contributed by atoms with Crippen LogP contribution in [0.1, 0.15) is 44.7 Å². The average molecular weight is 497 g/mol. The number of nitrogens with zero attached hydrogens (tertiary/aromatic N) is 1. The first-order valence-corrected chi connectivity index (χ1v) is 12.3. The molecular formula is C28H36N2O6. The molecular weight excluding hydrogens is 460 g/mol. The largest absolute Gasteiger partial charge is 0.461 e. The van der Waals surface area contributed by atoms with Gasteiger partial charge >= 0.3 is 12.1 Å². The minimum absolute atomic E-state index is 0.217. The predicted molar refractivity (Wildman–Crippen MR) is 135 cm³/mol. The van der Waals surface area contributed by atoms with Crippen molar-refractivity contribution in [2.24, 2.45) is 5.92 Å². The van der Waals surface area contributed by atoms with Gasteiger partial charge < -0.3 is 24.8 Å². The number of benzene rings is 2. The van der Waals surface area contributed by atoms with E-state index >= 15 is 0 Å². The van der Waals surface area contributed by atoms with Crippen LogP contribution in [0.4, 0.5) is 4.79 Å². The number of likely N-dealkylation sites (tertiary alicyclic amines) is 1. The molecule has 1 fully saturated rings. The first kappa shape index (κ1) is 27.2. The summed E-state index contributed by atoms with van der Waals surface area (Å²) < 4.78 is 10.8.